The molecule has 10 nitrogen and oxygen atoms in total. The van der Waals surface area contributed by atoms with Crippen LogP contribution in [0, 0.1) is 6.92 Å². The standard InChI is InChI=1S/C31H27N5O5S2/c1-4-41-21-14-13-20(16-22(21)40-3)26-24(27(37)25-18(2)32-23-12-8-9-15-35(23)25)28(38)29(39)36(26)30-33-34-31(43-30)42-17-19-10-6-5-7-11-19/h5-16,26,37H,4,17H2,1-3H3. The molecule has 218 valence electrons. The number of ketones is 1. The van der Waals surface area contributed by atoms with E-state index in [1.54, 1.807) is 47.9 Å². The topological polar surface area (TPSA) is 119 Å². The molecule has 1 aliphatic rings. The third-order valence-corrected chi connectivity index (χ3v) is 9.11. The zero-order valence-electron chi connectivity index (χ0n) is 23.6. The molecule has 4 heterocycles. The fourth-order valence-corrected chi connectivity index (χ4v) is 6.90. The number of carbonyl (C=O) groups is 2. The van der Waals surface area contributed by atoms with E-state index < -0.39 is 17.7 Å². The number of Topliss-reactive ketones (excluding diaryl/α,β-unsaturated/α-hetero) is 1. The Labute approximate surface area is 255 Å². The van der Waals surface area contributed by atoms with E-state index >= 15 is 0 Å². The van der Waals surface area contributed by atoms with Crippen molar-refractivity contribution in [1.82, 2.24) is 19.6 Å². The molecule has 5 aromatic rings. The van der Waals surface area contributed by atoms with Gasteiger partial charge in [0, 0.05) is 11.9 Å². The molecule has 0 spiro atoms. The lowest BCUT2D eigenvalue weighted by molar-refractivity contribution is -0.132. The highest BCUT2D eigenvalue weighted by atomic mass is 32.2. The number of nitrogens with zero attached hydrogens (tertiary/aromatic N) is 5. The number of aliphatic hydroxyl groups excluding tert-OH is 1. The number of thioether (sulfide) groups is 1. The maximum Gasteiger partial charge on any atom is 0.301 e. The zero-order valence-corrected chi connectivity index (χ0v) is 25.2. The molecular formula is C31H27N5O5S2. The highest BCUT2D eigenvalue weighted by Gasteiger charge is 2.49. The fraction of sp³-hybridized carbons (Fsp3) is 0.194. The highest BCUT2D eigenvalue weighted by molar-refractivity contribution is 8.00. The summed E-state index contributed by atoms with van der Waals surface area (Å²) in [6, 6.07) is 19.5. The number of amides is 1. The van der Waals surface area contributed by atoms with Crippen LogP contribution >= 0.6 is 23.1 Å². The molecule has 0 bridgehead atoms. The average Bonchev–Trinajstić information content (AvgIpc) is 3.70. The molecule has 1 amide bonds. The van der Waals surface area contributed by atoms with Gasteiger partial charge in [0.25, 0.3) is 5.78 Å². The number of fused-ring (bicyclic) bond motifs is 1. The van der Waals surface area contributed by atoms with Gasteiger partial charge in [-0.2, -0.15) is 0 Å². The second-order valence-electron chi connectivity index (χ2n) is 9.61. The van der Waals surface area contributed by atoms with E-state index in [0.29, 0.717) is 50.8 Å². The Hall–Kier alpha value is -4.68. The molecule has 0 saturated carbocycles. The molecule has 43 heavy (non-hydrogen) atoms. The molecular weight excluding hydrogens is 587 g/mol. The van der Waals surface area contributed by atoms with Gasteiger partial charge in [-0.25, -0.2) is 4.98 Å². The first-order valence-electron chi connectivity index (χ1n) is 13.5. The van der Waals surface area contributed by atoms with Crippen LogP contribution in [-0.2, 0) is 15.3 Å². The quantitative estimate of drug-likeness (QED) is 0.0721. The summed E-state index contributed by atoms with van der Waals surface area (Å²) in [6.07, 6.45) is 1.75. The Balaban J connectivity index is 1.48. The van der Waals surface area contributed by atoms with E-state index in [-0.39, 0.29) is 16.5 Å². The Bertz CT molecular complexity index is 1870. The van der Waals surface area contributed by atoms with Gasteiger partial charge < -0.3 is 14.6 Å². The SMILES string of the molecule is CCOc1ccc(C2C(=C(O)c3c(C)nc4ccccn34)C(=O)C(=O)N2c2nnc(SCc3ccccc3)s2)cc1OC. The number of pyridine rings is 1. The van der Waals surface area contributed by atoms with E-state index in [1.807, 2.05) is 43.3 Å². The van der Waals surface area contributed by atoms with Crippen molar-refractivity contribution in [1.29, 1.82) is 0 Å². The van der Waals surface area contributed by atoms with Crippen LogP contribution in [0.1, 0.15) is 35.5 Å². The highest BCUT2D eigenvalue weighted by Crippen LogP contribution is 2.46. The molecule has 1 fully saturated rings. The summed E-state index contributed by atoms with van der Waals surface area (Å²) in [4.78, 5) is 33.3. The molecule has 1 aliphatic heterocycles. The molecule has 3 aromatic heterocycles. The van der Waals surface area contributed by atoms with Gasteiger partial charge in [-0.15, -0.1) is 10.2 Å². The molecule has 6 rings (SSSR count). The van der Waals surface area contributed by atoms with Crippen LogP contribution in [0.15, 0.2) is 82.8 Å². The number of imidazole rings is 1. The number of hydrogen-bond donors (Lipinski definition) is 1. The molecule has 0 aliphatic carbocycles. The largest absolute Gasteiger partial charge is 0.505 e. The van der Waals surface area contributed by atoms with E-state index in [2.05, 4.69) is 15.2 Å². The molecule has 1 unspecified atom stereocenters. The number of hydrogen-bond acceptors (Lipinski definition) is 10. The van der Waals surface area contributed by atoms with E-state index in [0.717, 1.165) is 5.56 Å². The number of benzene rings is 2. The summed E-state index contributed by atoms with van der Waals surface area (Å²) in [5.41, 5.74) is 3.00. The molecule has 1 N–H and O–H groups in total. The van der Waals surface area contributed by atoms with Crippen molar-refractivity contribution in [3.05, 3.63) is 101 Å². The van der Waals surface area contributed by atoms with Crippen molar-refractivity contribution in [2.45, 2.75) is 30.0 Å². The number of carbonyl (C=O) groups excluding carboxylic acids is 2. The van der Waals surface area contributed by atoms with E-state index in [1.165, 1.54) is 35.1 Å². The Morgan fingerprint density at radius 2 is 1.84 bits per heavy atom. The van der Waals surface area contributed by atoms with Gasteiger partial charge >= 0.3 is 5.91 Å². The summed E-state index contributed by atoms with van der Waals surface area (Å²) >= 11 is 2.69. The second-order valence-corrected chi connectivity index (χ2v) is 11.8. The van der Waals surface area contributed by atoms with Crippen molar-refractivity contribution in [2.24, 2.45) is 0 Å². The van der Waals surface area contributed by atoms with Crippen molar-refractivity contribution in [3.63, 3.8) is 0 Å². The van der Waals surface area contributed by atoms with Crippen molar-refractivity contribution >= 4 is 51.3 Å². The first-order valence-corrected chi connectivity index (χ1v) is 15.3. The number of rotatable bonds is 9. The van der Waals surface area contributed by atoms with Gasteiger partial charge in [-0.3, -0.25) is 18.9 Å². The summed E-state index contributed by atoms with van der Waals surface area (Å²) in [5.74, 6) is -0.387. The van der Waals surface area contributed by atoms with Crippen LogP contribution < -0.4 is 14.4 Å². The number of ether oxygens (including phenoxy) is 2. The number of aliphatic hydroxyl groups is 1. The average molecular weight is 614 g/mol. The molecule has 12 heteroatoms. The van der Waals surface area contributed by atoms with Crippen LogP contribution in [-0.4, -0.2) is 50.1 Å². The van der Waals surface area contributed by atoms with Gasteiger partial charge in [0.15, 0.2) is 21.6 Å². The predicted molar refractivity (Wildman–Crippen MR) is 165 cm³/mol. The molecule has 0 radical (unpaired) electrons. The number of aryl methyl sites for hydroxylation is 1. The van der Waals surface area contributed by atoms with Gasteiger partial charge in [-0.05, 0) is 49.2 Å². The third-order valence-electron chi connectivity index (χ3n) is 6.98. The van der Waals surface area contributed by atoms with Crippen LogP contribution in [0.25, 0.3) is 11.4 Å². The Morgan fingerprint density at radius 3 is 2.60 bits per heavy atom. The van der Waals surface area contributed by atoms with Crippen molar-refractivity contribution in [3.8, 4) is 11.5 Å². The summed E-state index contributed by atoms with van der Waals surface area (Å²) < 4.78 is 13.6. The van der Waals surface area contributed by atoms with E-state index in [9.17, 15) is 14.7 Å². The van der Waals surface area contributed by atoms with Gasteiger partial charge in [0.2, 0.25) is 5.13 Å². The van der Waals surface area contributed by atoms with Crippen LogP contribution in [0.4, 0.5) is 5.13 Å². The molecule has 1 saturated heterocycles. The van der Waals surface area contributed by atoms with Crippen LogP contribution in [0.3, 0.4) is 0 Å². The maximum absolute atomic E-state index is 13.8. The lowest BCUT2D eigenvalue weighted by atomic mass is 9.96. The van der Waals surface area contributed by atoms with E-state index in [4.69, 9.17) is 9.47 Å². The smallest absolute Gasteiger partial charge is 0.301 e. The van der Waals surface area contributed by atoms with Gasteiger partial charge in [0.1, 0.15) is 11.3 Å². The molecule has 1 atom stereocenters. The van der Waals surface area contributed by atoms with Crippen molar-refractivity contribution in [2.75, 3.05) is 18.6 Å². The number of anilines is 1. The minimum atomic E-state index is -1.02. The first kappa shape index (κ1) is 28.4. The lowest BCUT2D eigenvalue weighted by Crippen LogP contribution is -2.29. The normalized spacial score (nSPS) is 16.3. The van der Waals surface area contributed by atoms with Crippen LogP contribution in [0.5, 0.6) is 11.5 Å². The first-order chi connectivity index (χ1) is 20.9. The summed E-state index contributed by atoms with van der Waals surface area (Å²) in [6.45, 7) is 4.04. The van der Waals surface area contributed by atoms with Gasteiger partial charge in [0.05, 0.1) is 31.0 Å². The van der Waals surface area contributed by atoms with Crippen molar-refractivity contribution < 1.29 is 24.2 Å². The number of aromatic nitrogens is 4. The molecule has 2 aromatic carbocycles. The Kier molecular flexibility index (Phi) is 7.87. The summed E-state index contributed by atoms with van der Waals surface area (Å²) in [7, 11) is 1.52. The third kappa shape index (κ3) is 5.23. The maximum atomic E-state index is 13.8. The number of methoxy groups -OCH3 is 1. The summed E-state index contributed by atoms with van der Waals surface area (Å²) in [5, 5.41) is 20.6. The lowest BCUT2D eigenvalue weighted by Gasteiger charge is -2.23. The fourth-order valence-electron chi connectivity index (χ4n) is 5.08. The monoisotopic (exact) mass is 613 g/mol. The second kappa shape index (κ2) is 11.9. The van der Waals surface area contributed by atoms with Crippen LogP contribution in [0.2, 0.25) is 0 Å². The Morgan fingerprint density at radius 1 is 1.05 bits per heavy atom. The minimum Gasteiger partial charge on any atom is -0.505 e. The predicted octanol–water partition coefficient (Wildman–Crippen LogP) is 5.82. The zero-order chi connectivity index (χ0) is 30.1. The van der Waals surface area contributed by atoms with Gasteiger partial charge in [-0.1, -0.05) is 65.6 Å². The minimum absolute atomic E-state index is 0.0846.